The van der Waals surface area contributed by atoms with E-state index in [1.54, 1.807) is 19.1 Å². The Morgan fingerprint density at radius 1 is 1.41 bits per heavy atom. The molecule has 1 aromatic rings. The molecule has 0 heterocycles. The van der Waals surface area contributed by atoms with Crippen LogP contribution in [0.4, 0.5) is 0 Å². The molecule has 17 heavy (non-hydrogen) atoms. The van der Waals surface area contributed by atoms with Gasteiger partial charge in [0, 0.05) is 11.0 Å². The van der Waals surface area contributed by atoms with Crippen LogP contribution in [0.1, 0.15) is 18.9 Å². The molecule has 0 bridgehead atoms. The van der Waals surface area contributed by atoms with Crippen LogP contribution in [0.2, 0.25) is 0 Å². The van der Waals surface area contributed by atoms with Crippen molar-refractivity contribution >= 4 is 26.0 Å². The normalized spacial score (nSPS) is 12.2. The van der Waals surface area contributed by atoms with Gasteiger partial charge in [-0.15, -0.1) is 0 Å². The first-order chi connectivity index (χ1) is 7.97. The van der Waals surface area contributed by atoms with Crippen LogP contribution in [-0.2, 0) is 10.0 Å². The number of hydrogen-bond acceptors (Lipinski definition) is 2. The number of sulfonamides is 1. The van der Waals surface area contributed by atoms with E-state index in [0.717, 1.165) is 10.0 Å². The molecular weight excluding hydrogens is 302 g/mol. The molecule has 1 aromatic carbocycles. The van der Waals surface area contributed by atoms with Gasteiger partial charge < -0.3 is 0 Å². The minimum absolute atomic E-state index is 0.326. The van der Waals surface area contributed by atoms with E-state index in [2.05, 4.69) is 20.7 Å². The summed E-state index contributed by atoms with van der Waals surface area (Å²) in [7, 11) is -3.41. The van der Waals surface area contributed by atoms with E-state index in [-0.39, 0.29) is 0 Å². The highest BCUT2D eigenvalue weighted by Gasteiger charge is 2.15. The summed E-state index contributed by atoms with van der Waals surface area (Å²) in [5, 5.41) is 0. The third-order valence-electron chi connectivity index (χ3n) is 2.28. The molecule has 0 aliphatic heterocycles. The van der Waals surface area contributed by atoms with Gasteiger partial charge in [-0.3, -0.25) is 0 Å². The van der Waals surface area contributed by atoms with Gasteiger partial charge in [0.15, 0.2) is 0 Å². The Morgan fingerprint density at radius 2 is 2.12 bits per heavy atom. The summed E-state index contributed by atoms with van der Waals surface area (Å²) in [6.45, 7) is 4.11. The zero-order chi connectivity index (χ0) is 12.9. The number of rotatable bonds is 5. The summed E-state index contributed by atoms with van der Waals surface area (Å²) in [5.41, 5.74) is 0.742. The highest BCUT2D eigenvalue weighted by Crippen LogP contribution is 2.20. The summed E-state index contributed by atoms with van der Waals surface area (Å²) < 4.78 is 27.4. The lowest BCUT2D eigenvalue weighted by Gasteiger charge is -2.08. The van der Waals surface area contributed by atoms with E-state index in [1.807, 2.05) is 25.1 Å². The molecule has 0 atom stereocenters. The maximum atomic E-state index is 12.0. The zero-order valence-corrected chi connectivity index (χ0v) is 12.3. The molecule has 5 heteroatoms. The molecule has 3 nitrogen and oxygen atoms in total. The highest BCUT2D eigenvalue weighted by atomic mass is 79.9. The number of hydrogen-bond donors (Lipinski definition) is 1. The maximum absolute atomic E-state index is 12.0. The molecule has 0 saturated heterocycles. The monoisotopic (exact) mass is 317 g/mol. The van der Waals surface area contributed by atoms with Gasteiger partial charge in [0.2, 0.25) is 10.0 Å². The molecule has 0 saturated carbocycles. The number of halogens is 1. The first kappa shape index (κ1) is 14.4. The lowest BCUT2D eigenvalue weighted by Crippen LogP contribution is -2.25. The van der Waals surface area contributed by atoms with Crippen molar-refractivity contribution in [1.29, 1.82) is 0 Å². The third kappa shape index (κ3) is 4.26. The fraction of sp³-hybridized carbons (Fsp3) is 0.333. The van der Waals surface area contributed by atoms with Crippen LogP contribution in [-0.4, -0.2) is 15.0 Å². The van der Waals surface area contributed by atoms with Crippen molar-refractivity contribution in [2.45, 2.75) is 25.2 Å². The third-order valence-corrected chi connectivity index (χ3v) is 4.37. The van der Waals surface area contributed by atoms with Crippen LogP contribution in [0.25, 0.3) is 0 Å². The predicted molar refractivity (Wildman–Crippen MR) is 73.5 cm³/mol. The van der Waals surface area contributed by atoms with Gasteiger partial charge in [0.05, 0.1) is 4.90 Å². The lowest BCUT2D eigenvalue weighted by atomic mass is 10.2. The second-order valence-corrected chi connectivity index (χ2v) is 6.32. The molecule has 0 aliphatic rings. The Bertz CT molecular complexity index is 509. The number of benzene rings is 1. The van der Waals surface area contributed by atoms with Gasteiger partial charge in [0.1, 0.15) is 0 Å². The van der Waals surface area contributed by atoms with E-state index < -0.39 is 10.0 Å². The van der Waals surface area contributed by atoms with Crippen molar-refractivity contribution < 1.29 is 8.42 Å². The van der Waals surface area contributed by atoms with Crippen molar-refractivity contribution in [3.8, 4) is 0 Å². The lowest BCUT2D eigenvalue weighted by molar-refractivity contribution is 0.581. The molecule has 0 spiro atoms. The molecule has 0 aliphatic carbocycles. The molecule has 0 amide bonds. The molecule has 0 fully saturated rings. The smallest absolute Gasteiger partial charge is 0.211 e. The van der Waals surface area contributed by atoms with Crippen molar-refractivity contribution in [1.82, 2.24) is 4.72 Å². The maximum Gasteiger partial charge on any atom is 0.240 e. The highest BCUT2D eigenvalue weighted by molar-refractivity contribution is 9.10. The quantitative estimate of drug-likeness (QED) is 0.670. The van der Waals surface area contributed by atoms with Crippen LogP contribution < -0.4 is 4.72 Å². The molecule has 94 valence electrons. The van der Waals surface area contributed by atoms with E-state index in [4.69, 9.17) is 0 Å². The minimum Gasteiger partial charge on any atom is -0.211 e. The van der Waals surface area contributed by atoms with Gasteiger partial charge in [-0.1, -0.05) is 34.1 Å². The first-order valence-corrected chi connectivity index (χ1v) is 7.62. The van der Waals surface area contributed by atoms with E-state index in [1.165, 1.54) is 0 Å². The second-order valence-electron chi connectivity index (χ2n) is 3.67. The molecule has 0 aromatic heterocycles. The second kappa shape index (κ2) is 6.33. The van der Waals surface area contributed by atoms with Gasteiger partial charge in [-0.05, 0) is 38.0 Å². The number of aryl methyl sites for hydroxylation is 1. The largest absolute Gasteiger partial charge is 0.240 e. The number of nitrogens with one attached hydrogen (secondary N) is 1. The fourth-order valence-electron chi connectivity index (χ4n) is 1.38. The van der Waals surface area contributed by atoms with Gasteiger partial charge in [0.25, 0.3) is 0 Å². The molecule has 1 rings (SSSR count). The molecule has 0 radical (unpaired) electrons. The average Bonchev–Trinajstić information content (AvgIpc) is 2.28. The Morgan fingerprint density at radius 3 is 2.76 bits per heavy atom. The standard InChI is InChI=1S/C12H16BrNO2S/c1-3-4-5-8-14-17(15,16)12-9-11(13)7-6-10(12)2/h3-4,6-7,9,14H,5,8H2,1-2H3/b4-3+. The topological polar surface area (TPSA) is 46.2 Å². The Labute approximate surface area is 111 Å². The predicted octanol–water partition coefficient (Wildman–Crippen LogP) is 3.00. The van der Waals surface area contributed by atoms with Gasteiger partial charge >= 0.3 is 0 Å². The summed E-state index contributed by atoms with van der Waals surface area (Å²) in [4.78, 5) is 0.326. The molecular formula is C12H16BrNO2S. The zero-order valence-electron chi connectivity index (χ0n) is 9.90. The van der Waals surface area contributed by atoms with Gasteiger partial charge in [-0.2, -0.15) is 0 Å². The summed E-state index contributed by atoms with van der Waals surface area (Å²) >= 11 is 3.28. The van der Waals surface area contributed by atoms with E-state index in [9.17, 15) is 8.42 Å². The van der Waals surface area contributed by atoms with Crippen LogP contribution >= 0.6 is 15.9 Å². The van der Waals surface area contributed by atoms with E-state index in [0.29, 0.717) is 17.9 Å². The van der Waals surface area contributed by atoms with Crippen LogP contribution in [0, 0.1) is 6.92 Å². The Balaban J connectivity index is 2.86. The molecule has 1 N–H and O–H groups in total. The van der Waals surface area contributed by atoms with Crippen molar-refractivity contribution in [2.24, 2.45) is 0 Å². The van der Waals surface area contributed by atoms with Crippen LogP contribution in [0.15, 0.2) is 39.7 Å². The van der Waals surface area contributed by atoms with Crippen molar-refractivity contribution in [2.75, 3.05) is 6.54 Å². The van der Waals surface area contributed by atoms with E-state index >= 15 is 0 Å². The van der Waals surface area contributed by atoms with Crippen LogP contribution in [0.5, 0.6) is 0 Å². The number of allylic oxidation sites excluding steroid dienone is 1. The Hall–Kier alpha value is -0.650. The fourth-order valence-corrected chi connectivity index (χ4v) is 3.21. The summed E-state index contributed by atoms with van der Waals surface area (Å²) in [6, 6.07) is 5.23. The summed E-state index contributed by atoms with van der Waals surface area (Å²) in [5.74, 6) is 0. The first-order valence-electron chi connectivity index (χ1n) is 5.34. The Kier molecular flexibility index (Phi) is 5.36. The average molecular weight is 318 g/mol. The van der Waals surface area contributed by atoms with Crippen molar-refractivity contribution in [3.05, 3.63) is 40.4 Å². The molecule has 0 unspecified atom stereocenters. The van der Waals surface area contributed by atoms with Gasteiger partial charge in [-0.25, -0.2) is 13.1 Å². The summed E-state index contributed by atoms with van der Waals surface area (Å²) in [6.07, 6.45) is 4.53. The van der Waals surface area contributed by atoms with Crippen LogP contribution in [0.3, 0.4) is 0 Å². The van der Waals surface area contributed by atoms with Crippen molar-refractivity contribution in [3.63, 3.8) is 0 Å². The SMILES string of the molecule is C/C=C/CCNS(=O)(=O)c1cc(Br)ccc1C. The minimum atomic E-state index is -3.41.